The zero-order valence-corrected chi connectivity index (χ0v) is 49.1. The van der Waals surface area contributed by atoms with Crippen LogP contribution in [0, 0.1) is 5.92 Å². The normalized spacial score (nSPS) is 43.7. The number of phenols is 2. The second-order valence-corrected chi connectivity index (χ2v) is 24.6. The van der Waals surface area contributed by atoms with Crippen LogP contribution in [0.4, 0.5) is 0 Å². The minimum Gasteiger partial charge on any atom is -0.507 e. The molecule has 23 nitrogen and oxygen atoms in total. The van der Waals surface area contributed by atoms with Crippen molar-refractivity contribution in [3.63, 3.8) is 0 Å². The molecular weight excluding hydrogens is 1080 g/mol. The number of carbonyl (C=O) groups excluding carboxylic acids is 4. The molecule has 1 unspecified atom stereocenters. The van der Waals surface area contributed by atoms with Crippen molar-refractivity contribution in [1.29, 1.82) is 0 Å². The number of ketones is 4. The van der Waals surface area contributed by atoms with Crippen molar-refractivity contribution in [3.05, 3.63) is 52.1 Å². The minimum absolute atomic E-state index is 0.0329. The molecule has 0 saturated carbocycles. The van der Waals surface area contributed by atoms with E-state index >= 15 is 0 Å². The molecule has 4 N–H and O–H groups in total. The summed E-state index contributed by atoms with van der Waals surface area (Å²) in [5.41, 5.74) is -3.09. The molecule has 6 fully saturated rings. The van der Waals surface area contributed by atoms with E-state index in [1.807, 2.05) is 65.7 Å². The van der Waals surface area contributed by atoms with Crippen molar-refractivity contribution in [2.75, 3.05) is 28.2 Å². The topological polar surface area (TPSA) is 276 Å². The summed E-state index contributed by atoms with van der Waals surface area (Å²) >= 11 is 0. The first-order valence-electron chi connectivity index (χ1n) is 29.5. The maximum Gasteiger partial charge on any atom is 0.185 e. The van der Waals surface area contributed by atoms with E-state index in [0.29, 0.717) is 19.3 Å². The van der Waals surface area contributed by atoms with Gasteiger partial charge in [-0.3, -0.25) is 19.2 Å². The van der Waals surface area contributed by atoms with E-state index in [2.05, 4.69) is 0 Å². The van der Waals surface area contributed by atoms with Gasteiger partial charge in [0.2, 0.25) is 0 Å². The van der Waals surface area contributed by atoms with Gasteiger partial charge in [-0.2, -0.15) is 0 Å². The minimum atomic E-state index is -1.86. The van der Waals surface area contributed by atoms with Crippen molar-refractivity contribution in [3.8, 4) is 11.5 Å². The van der Waals surface area contributed by atoms with Crippen molar-refractivity contribution >= 4 is 28.9 Å². The first kappa shape index (κ1) is 60.6. The molecule has 0 radical (unpaired) electrons. The SMILES string of the molecule is CC[C@]1(O)C[C@@H](O[C@@H]2C[C@@H](N(C)C)[C@@H](O[C@H]3C[C@@H]4O[C@H]5CC(=O)[C@H](C)O[C@H]5O[C@@H]4[C@H](C)O3)[C@H](C)O2)c2c(O)c3c(c(O)c2[C@H]1O[C@H]1C[C@H](N(C)C)[C@H](O[C@H]2CC[C@H](O[C@H]4C=CC(=O)[C@H](C)O4)[C@@H](C)O2)[C@@H](C)O1)C(=O)C1CC=CC(=O)C1=C3O. The number of fused-ring (bicyclic) bond motifs is 5. The maximum absolute atomic E-state index is 14.6. The van der Waals surface area contributed by atoms with E-state index in [1.54, 1.807) is 26.8 Å². The predicted molar refractivity (Wildman–Crippen MR) is 289 cm³/mol. The van der Waals surface area contributed by atoms with E-state index in [1.165, 1.54) is 18.2 Å². The van der Waals surface area contributed by atoms with Crippen LogP contribution in [0.1, 0.15) is 146 Å². The first-order valence-corrected chi connectivity index (χ1v) is 29.5. The summed E-state index contributed by atoms with van der Waals surface area (Å²) in [5.74, 6) is -4.55. The van der Waals surface area contributed by atoms with Gasteiger partial charge >= 0.3 is 0 Å². The zero-order valence-electron chi connectivity index (χ0n) is 49.1. The molecule has 11 rings (SSSR count). The Kier molecular flexibility index (Phi) is 17.4. The molecule has 0 bridgehead atoms. The molecule has 83 heavy (non-hydrogen) atoms. The van der Waals surface area contributed by atoms with Crippen molar-refractivity contribution in [1.82, 2.24) is 9.80 Å². The second-order valence-electron chi connectivity index (χ2n) is 24.6. The van der Waals surface area contributed by atoms with Gasteiger partial charge in [0.15, 0.2) is 60.9 Å². The number of ether oxygens (including phenoxy) is 13. The number of rotatable bonds is 13. The molecule has 3 aliphatic carbocycles. The number of hydrogen-bond acceptors (Lipinski definition) is 23. The van der Waals surface area contributed by atoms with Gasteiger partial charge in [0.1, 0.15) is 60.0 Å². The lowest BCUT2D eigenvalue weighted by molar-refractivity contribution is -0.371. The number of aliphatic hydroxyl groups is 2. The number of likely N-dealkylation sites (N-methyl/N-ethyl adjacent to an activating group) is 2. The third kappa shape index (κ3) is 11.5. The van der Waals surface area contributed by atoms with Crippen molar-refractivity contribution in [2.24, 2.45) is 5.92 Å². The first-order chi connectivity index (χ1) is 39.4. The predicted octanol–water partition coefficient (Wildman–Crippen LogP) is 5.04. The third-order valence-corrected chi connectivity index (χ3v) is 18.7. The highest BCUT2D eigenvalue weighted by molar-refractivity contribution is 6.21. The molecule has 1 aromatic rings. The van der Waals surface area contributed by atoms with Crippen LogP contribution in [0.25, 0.3) is 5.76 Å². The number of aliphatic hydroxyl groups excluding tert-OH is 1. The Hall–Kier alpha value is -4.12. The van der Waals surface area contributed by atoms with Crippen LogP contribution < -0.4 is 0 Å². The van der Waals surface area contributed by atoms with Crippen LogP contribution in [-0.2, 0) is 76.0 Å². The van der Waals surface area contributed by atoms with E-state index < -0.39 is 162 Å². The largest absolute Gasteiger partial charge is 0.507 e. The van der Waals surface area contributed by atoms with Crippen molar-refractivity contribution < 1.29 is 101 Å². The summed E-state index contributed by atoms with van der Waals surface area (Å²) in [5, 5.41) is 50.5. The van der Waals surface area contributed by atoms with Gasteiger partial charge in [-0.05, 0) is 107 Å². The molecule has 0 spiro atoms. The summed E-state index contributed by atoms with van der Waals surface area (Å²) in [6.07, 6.45) is -5.94. The van der Waals surface area contributed by atoms with Crippen LogP contribution in [0.2, 0.25) is 0 Å². The number of Topliss-reactive ketones (excluding diaryl/α,β-unsaturated/α-hetero) is 2. The van der Waals surface area contributed by atoms with Gasteiger partial charge in [-0.1, -0.05) is 13.0 Å². The Labute approximate surface area is 483 Å². The standard InChI is InChI=1S/C60H82N2O21/c1-12-60(70)24-40(79-43-20-32(61(8)9)56(29(6)73-43)81-45-23-38-57(30(7)75-45)83-59-39(77-38)22-36(65)26(3)76-59)47-50(54(69)48-49(53(47)68)52(67)46-31(51(48)66)14-13-15-35(46)64)58(60)82-44-21-33(62(10)11)55(28(5)74-44)80-42-19-17-37(27(4)72-42)78-41-18-16-34(63)25(2)71-41/h13,15-16,18,25-33,37-45,55-59,67-70H,12,14,17,19-24H2,1-11H3/t25-,26-,27+,28+,29-,30-,31?,32+,33-,37-,38-,39-,40+,41-,42-,43+,44-,45-,55+,56-,57+,58+,59-,60-/m0/s1. The molecule has 24 atom stereocenters. The lowest BCUT2D eigenvalue weighted by Crippen LogP contribution is -2.62. The monoisotopic (exact) mass is 1170 g/mol. The third-order valence-electron chi connectivity index (χ3n) is 18.7. The van der Waals surface area contributed by atoms with E-state index in [9.17, 15) is 39.6 Å². The molecule has 0 amide bonds. The highest BCUT2D eigenvalue weighted by Gasteiger charge is 2.56. The van der Waals surface area contributed by atoms with Gasteiger partial charge in [0.05, 0.1) is 70.9 Å². The lowest BCUT2D eigenvalue weighted by Gasteiger charge is -2.51. The van der Waals surface area contributed by atoms with Crippen LogP contribution in [0.15, 0.2) is 29.9 Å². The quantitative estimate of drug-likeness (QED) is 0.188. The Morgan fingerprint density at radius 2 is 1.27 bits per heavy atom. The highest BCUT2D eigenvalue weighted by atomic mass is 16.8. The number of hydrogen-bond donors (Lipinski definition) is 4. The summed E-state index contributed by atoms with van der Waals surface area (Å²) in [6.45, 7) is 12.6. The van der Waals surface area contributed by atoms with Gasteiger partial charge in [-0.25, -0.2) is 0 Å². The lowest BCUT2D eigenvalue weighted by atomic mass is 9.69. The van der Waals surface area contributed by atoms with Crippen LogP contribution in [-0.4, -0.2) is 210 Å². The number of nitrogens with zero attached hydrogens (tertiary/aromatic N) is 2. The Balaban J connectivity index is 0.845. The van der Waals surface area contributed by atoms with E-state index in [-0.39, 0.29) is 91.1 Å². The summed E-state index contributed by atoms with van der Waals surface area (Å²) in [7, 11) is 7.62. The number of phenolic OH excluding ortho intramolecular Hbond substituents is 2. The van der Waals surface area contributed by atoms with Crippen LogP contribution >= 0.6 is 0 Å². The molecule has 458 valence electrons. The Morgan fingerprint density at radius 3 is 1.92 bits per heavy atom. The van der Waals surface area contributed by atoms with Gasteiger partial charge < -0.3 is 91.8 Å². The molecule has 0 aromatic heterocycles. The molecule has 7 aliphatic heterocycles. The van der Waals surface area contributed by atoms with Crippen LogP contribution in [0.3, 0.4) is 0 Å². The molecular formula is C60H82N2O21. The van der Waals surface area contributed by atoms with E-state index in [4.69, 9.17) is 61.6 Å². The average molecular weight is 1170 g/mol. The van der Waals surface area contributed by atoms with Crippen LogP contribution in [0.5, 0.6) is 11.5 Å². The number of allylic oxidation sites excluding steroid dienone is 3. The molecule has 23 heteroatoms. The van der Waals surface area contributed by atoms with Gasteiger partial charge in [-0.15, -0.1) is 0 Å². The highest BCUT2D eigenvalue weighted by Crippen LogP contribution is 2.59. The van der Waals surface area contributed by atoms with Gasteiger partial charge in [0, 0.05) is 61.7 Å². The molecule has 6 saturated heterocycles. The molecule has 1 aromatic carbocycles. The smallest absolute Gasteiger partial charge is 0.185 e. The number of benzene rings is 1. The molecule has 7 heterocycles. The van der Waals surface area contributed by atoms with E-state index in [0.717, 1.165) is 0 Å². The number of carbonyl (C=O) groups is 4. The Morgan fingerprint density at radius 1 is 0.639 bits per heavy atom. The van der Waals surface area contributed by atoms with Gasteiger partial charge in [0.25, 0.3) is 0 Å². The summed E-state index contributed by atoms with van der Waals surface area (Å²) in [4.78, 5) is 56.5. The average Bonchev–Trinajstić information content (AvgIpc) is 1.62. The van der Waals surface area contributed by atoms with Crippen molar-refractivity contribution in [2.45, 2.75) is 247 Å². The summed E-state index contributed by atoms with van der Waals surface area (Å²) in [6, 6.07) is -0.700. The fourth-order valence-electron chi connectivity index (χ4n) is 14.0. The second kappa shape index (κ2) is 23.9. The summed E-state index contributed by atoms with van der Waals surface area (Å²) < 4.78 is 83.9. The fraction of sp³-hybridized carbons (Fsp3) is 0.733. The fourth-order valence-corrected chi connectivity index (χ4v) is 14.0. The molecule has 10 aliphatic rings. The number of aromatic hydroxyl groups is 2. The Bertz CT molecular complexity index is 2750. The maximum atomic E-state index is 14.6. The zero-order chi connectivity index (χ0) is 59.2.